The number of nitrogens with zero attached hydrogens (tertiary/aromatic N) is 2. The van der Waals surface area contributed by atoms with E-state index in [1.807, 2.05) is 30.3 Å². The molecule has 0 atom stereocenters. The van der Waals surface area contributed by atoms with Crippen LogP contribution in [-0.2, 0) is 13.0 Å². The SMILES string of the molecule is CCCCNC(=O)c1ccc(CNC(=NC)NCCc2ccc(Cl)nc2)cc1. The third-order valence-electron chi connectivity index (χ3n) is 4.21. The average Bonchev–Trinajstić information content (AvgIpc) is 2.72. The van der Waals surface area contributed by atoms with Crippen molar-refractivity contribution in [1.29, 1.82) is 0 Å². The Morgan fingerprint density at radius 1 is 1.04 bits per heavy atom. The minimum atomic E-state index is -0.0258. The van der Waals surface area contributed by atoms with E-state index in [1.54, 1.807) is 19.3 Å². The number of halogens is 1. The van der Waals surface area contributed by atoms with Gasteiger partial charge in [-0.25, -0.2) is 4.98 Å². The normalized spacial score (nSPS) is 11.2. The van der Waals surface area contributed by atoms with Gasteiger partial charge in [0.1, 0.15) is 5.15 Å². The van der Waals surface area contributed by atoms with Crippen molar-refractivity contribution < 1.29 is 4.79 Å². The fraction of sp³-hybridized carbons (Fsp3) is 0.381. The Morgan fingerprint density at radius 3 is 2.43 bits per heavy atom. The molecule has 0 aliphatic rings. The molecule has 2 rings (SSSR count). The van der Waals surface area contributed by atoms with Gasteiger partial charge in [0.25, 0.3) is 5.91 Å². The van der Waals surface area contributed by atoms with Gasteiger partial charge in [-0.3, -0.25) is 9.79 Å². The van der Waals surface area contributed by atoms with Gasteiger partial charge in [-0.1, -0.05) is 43.1 Å². The maximum atomic E-state index is 12.0. The molecule has 3 N–H and O–H groups in total. The maximum Gasteiger partial charge on any atom is 0.251 e. The second-order valence-corrected chi connectivity index (χ2v) is 6.79. The monoisotopic (exact) mass is 401 g/mol. The van der Waals surface area contributed by atoms with Crippen LogP contribution >= 0.6 is 11.6 Å². The molecule has 0 radical (unpaired) electrons. The lowest BCUT2D eigenvalue weighted by atomic mass is 10.1. The highest BCUT2D eigenvalue weighted by Crippen LogP contribution is 2.06. The summed E-state index contributed by atoms with van der Waals surface area (Å²) in [5, 5.41) is 9.97. The van der Waals surface area contributed by atoms with Crippen LogP contribution in [-0.4, -0.2) is 37.0 Å². The van der Waals surface area contributed by atoms with Crippen molar-refractivity contribution in [2.75, 3.05) is 20.1 Å². The summed E-state index contributed by atoms with van der Waals surface area (Å²) < 4.78 is 0. The van der Waals surface area contributed by atoms with E-state index in [0.717, 1.165) is 42.9 Å². The molecule has 2 aromatic rings. The molecule has 1 aromatic carbocycles. The Bertz CT molecular complexity index is 759. The van der Waals surface area contributed by atoms with Crippen LogP contribution in [0.5, 0.6) is 0 Å². The van der Waals surface area contributed by atoms with E-state index in [0.29, 0.717) is 23.8 Å². The molecule has 0 aliphatic carbocycles. The summed E-state index contributed by atoms with van der Waals surface area (Å²) in [5.41, 5.74) is 2.87. The largest absolute Gasteiger partial charge is 0.356 e. The lowest BCUT2D eigenvalue weighted by molar-refractivity contribution is 0.0953. The molecule has 0 spiro atoms. The molecule has 0 saturated heterocycles. The molecule has 0 bridgehead atoms. The van der Waals surface area contributed by atoms with Gasteiger partial charge in [0.15, 0.2) is 5.96 Å². The van der Waals surface area contributed by atoms with Crippen molar-refractivity contribution >= 4 is 23.5 Å². The van der Waals surface area contributed by atoms with E-state index in [1.165, 1.54) is 0 Å². The summed E-state index contributed by atoms with van der Waals surface area (Å²) in [6.07, 6.45) is 4.66. The van der Waals surface area contributed by atoms with Gasteiger partial charge in [-0.05, 0) is 42.2 Å². The molecule has 28 heavy (non-hydrogen) atoms. The van der Waals surface area contributed by atoms with Gasteiger partial charge in [0, 0.05) is 38.4 Å². The minimum Gasteiger partial charge on any atom is -0.356 e. The molecule has 0 aliphatic heterocycles. The summed E-state index contributed by atoms with van der Waals surface area (Å²) in [6, 6.07) is 11.4. The van der Waals surface area contributed by atoms with Gasteiger partial charge in [-0.2, -0.15) is 0 Å². The van der Waals surface area contributed by atoms with Gasteiger partial charge in [0.2, 0.25) is 0 Å². The van der Waals surface area contributed by atoms with Crippen LogP contribution in [0.2, 0.25) is 5.15 Å². The zero-order valence-corrected chi connectivity index (χ0v) is 17.2. The highest BCUT2D eigenvalue weighted by molar-refractivity contribution is 6.29. The Labute approximate surface area is 171 Å². The van der Waals surface area contributed by atoms with Gasteiger partial charge in [-0.15, -0.1) is 0 Å². The number of pyridine rings is 1. The van der Waals surface area contributed by atoms with Gasteiger partial charge in [0.05, 0.1) is 0 Å². The maximum absolute atomic E-state index is 12.0. The standard InChI is InChI=1S/C21H28ClN5O/c1-3-4-12-24-20(28)18-8-5-16(6-9-18)15-27-21(23-2)25-13-11-17-7-10-19(22)26-14-17/h5-10,14H,3-4,11-13,15H2,1-2H3,(H,24,28)(H2,23,25,27). The summed E-state index contributed by atoms with van der Waals surface area (Å²) in [6.45, 7) is 4.18. The number of rotatable bonds is 9. The van der Waals surface area contributed by atoms with E-state index < -0.39 is 0 Å². The first-order valence-corrected chi connectivity index (χ1v) is 9.92. The molecule has 150 valence electrons. The summed E-state index contributed by atoms with van der Waals surface area (Å²) in [7, 11) is 1.74. The molecule has 0 saturated carbocycles. The number of unbranched alkanes of at least 4 members (excludes halogenated alkanes) is 1. The smallest absolute Gasteiger partial charge is 0.251 e. The summed E-state index contributed by atoms with van der Waals surface area (Å²) in [4.78, 5) is 20.3. The molecule has 0 unspecified atom stereocenters. The lowest BCUT2D eigenvalue weighted by Crippen LogP contribution is -2.37. The predicted octanol–water partition coefficient (Wildman–Crippen LogP) is 3.17. The van der Waals surface area contributed by atoms with Crippen molar-refractivity contribution in [3.63, 3.8) is 0 Å². The molecule has 1 amide bonds. The van der Waals surface area contributed by atoms with Crippen molar-refractivity contribution in [2.24, 2.45) is 4.99 Å². The highest BCUT2D eigenvalue weighted by atomic mass is 35.5. The number of carbonyl (C=O) groups excluding carboxylic acids is 1. The predicted molar refractivity (Wildman–Crippen MR) is 115 cm³/mol. The average molecular weight is 402 g/mol. The number of aromatic nitrogens is 1. The Morgan fingerprint density at radius 2 is 1.79 bits per heavy atom. The topological polar surface area (TPSA) is 78.4 Å². The Balaban J connectivity index is 1.74. The number of guanidine groups is 1. The third kappa shape index (κ3) is 7.56. The first-order valence-electron chi connectivity index (χ1n) is 9.54. The number of amides is 1. The van der Waals surface area contributed by atoms with E-state index in [9.17, 15) is 4.79 Å². The number of nitrogens with one attached hydrogen (secondary N) is 3. The second-order valence-electron chi connectivity index (χ2n) is 6.40. The number of carbonyl (C=O) groups is 1. The molecular weight excluding hydrogens is 374 g/mol. The third-order valence-corrected chi connectivity index (χ3v) is 4.43. The second kappa shape index (κ2) is 12.0. The zero-order valence-electron chi connectivity index (χ0n) is 16.5. The van der Waals surface area contributed by atoms with Crippen LogP contribution in [0, 0.1) is 0 Å². The fourth-order valence-corrected chi connectivity index (χ4v) is 2.65. The van der Waals surface area contributed by atoms with Crippen molar-refractivity contribution in [3.05, 3.63) is 64.4 Å². The Kier molecular flexibility index (Phi) is 9.28. The van der Waals surface area contributed by atoms with E-state index in [4.69, 9.17) is 11.6 Å². The number of aliphatic imine (C=N–C) groups is 1. The molecule has 0 fully saturated rings. The van der Waals surface area contributed by atoms with Crippen LogP contribution < -0.4 is 16.0 Å². The van der Waals surface area contributed by atoms with Crippen LogP contribution in [0.4, 0.5) is 0 Å². The summed E-state index contributed by atoms with van der Waals surface area (Å²) in [5.74, 6) is 0.699. The highest BCUT2D eigenvalue weighted by Gasteiger charge is 2.05. The van der Waals surface area contributed by atoms with E-state index >= 15 is 0 Å². The van der Waals surface area contributed by atoms with E-state index in [-0.39, 0.29) is 5.91 Å². The zero-order chi connectivity index (χ0) is 20.2. The summed E-state index contributed by atoms with van der Waals surface area (Å²) >= 11 is 5.80. The van der Waals surface area contributed by atoms with E-state index in [2.05, 4.69) is 32.9 Å². The van der Waals surface area contributed by atoms with Gasteiger partial charge < -0.3 is 16.0 Å². The molecule has 7 heteroatoms. The van der Waals surface area contributed by atoms with Crippen LogP contribution in [0.15, 0.2) is 47.6 Å². The van der Waals surface area contributed by atoms with Crippen molar-refractivity contribution in [3.8, 4) is 0 Å². The minimum absolute atomic E-state index is 0.0258. The lowest BCUT2D eigenvalue weighted by Gasteiger charge is -2.12. The van der Waals surface area contributed by atoms with Crippen LogP contribution in [0.3, 0.4) is 0 Å². The number of hydrogen-bond donors (Lipinski definition) is 3. The number of benzene rings is 1. The van der Waals surface area contributed by atoms with Crippen molar-refractivity contribution in [2.45, 2.75) is 32.7 Å². The molecule has 1 aromatic heterocycles. The van der Waals surface area contributed by atoms with Crippen molar-refractivity contribution in [1.82, 2.24) is 20.9 Å². The first kappa shape index (κ1) is 21.7. The number of hydrogen-bond acceptors (Lipinski definition) is 3. The Hall–Kier alpha value is -2.60. The quantitative estimate of drug-likeness (QED) is 0.261. The molecule has 1 heterocycles. The van der Waals surface area contributed by atoms with Crippen LogP contribution in [0.25, 0.3) is 0 Å². The fourth-order valence-electron chi connectivity index (χ4n) is 2.54. The molecular formula is C21H28ClN5O. The van der Waals surface area contributed by atoms with Crippen LogP contribution in [0.1, 0.15) is 41.3 Å². The molecule has 6 nitrogen and oxygen atoms in total. The first-order chi connectivity index (χ1) is 13.6. The van der Waals surface area contributed by atoms with Gasteiger partial charge >= 0.3 is 0 Å².